The van der Waals surface area contributed by atoms with Crippen molar-refractivity contribution in [3.63, 3.8) is 0 Å². The van der Waals surface area contributed by atoms with Gasteiger partial charge in [-0.15, -0.1) is 0 Å². The molecular formula is C14H12Cl2FNO. The molecule has 0 saturated carbocycles. The first-order valence-corrected chi connectivity index (χ1v) is 6.37. The van der Waals surface area contributed by atoms with Gasteiger partial charge < -0.3 is 10.1 Å². The summed E-state index contributed by atoms with van der Waals surface area (Å²) in [5, 5.41) is 4.16. The average Bonchev–Trinajstić information content (AvgIpc) is 2.40. The van der Waals surface area contributed by atoms with E-state index >= 15 is 0 Å². The molecule has 0 atom stereocenters. The fourth-order valence-electron chi connectivity index (χ4n) is 1.69. The Bertz CT molecular complexity index is 590. The lowest BCUT2D eigenvalue weighted by molar-refractivity contribution is 0.416. The van der Waals surface area contributed by atoms with E-state index < -0.39 is 0 Å². The number of anilines is 1. The minimum atomic E-state index is -0.308. The normalized spacial score (nSPS) is 10.3. The molecule has 2 aromatic carbocycles. The van der Waals surface area contributed by atoms with Crippen LogP contribution in [0.25, 0.3) is 0 Å². The Labute approximate surface area is 121 Å². The summed E-state index contributed by atoms with van der Waals surface area (Å²) in [7, 11) is 1.56. The number of hydrogen-bond donors (Lipinski definition) is 1. The van der Waals surface area contributed by atoms with Gasteiger partial charge in [0, 0.05) is 22.2 Å². The van der Waals surface area contributed by atoms with Crippen molar-refractivity contribution in [2.75, 3.05) is 12.4 Å². The van der Waals surface area contributed by atoms with Crippen LogP contribution in [0.15, 0.2) is 36.4 Å². The van der Waals surface area contributed by atoms with Crippen LogP contribution in [0, 0.1) is 5.82 Å². The molecule has 0 fully saturated rings. The van der Waals surface area contributed by atoms with Crippen LogP contribution in [0.5, 0.6) is 5.75 Å². The zero-order valence-corrected chi connectivity index (χ0v) is 11.7. The fourth-order valence-corrected chi connectivity index (χ4v) is 2.05. The standard InChI is InChI=1S/C14H12Cl2FNO/c1-19-14-5-3-11(16)7-13(14)18-8-9-6-10(15)2-4-12(9)17/h2-7,18H,8H2,1H3. The van der Waals surface area contributed by atoms with Gasteiger partial charge in [-0.1, -0.05) is 23.2 Å². The lowest BCUT2D eigenvalue weighted by Crippen LogP contribution is -2.03. The summed E-state index contributed by atoms with van der Waals surface area (Å²) in [6.07, 6.45) is 0. The predicted molar refractivity (Wildman–Crippen MR) is 76.7 cm³/mol. The topological polar surface area (TPSA) is 21.3 Å². The van der Waals surface area contributed by atoms with Crippen LogP contribution >= 0.6 is 23.2 Å². The molecule has 100 valence electrons. The third-order valence-electron chi connectivity index (χ3n) is 2.64. The molecule has 0 aromatic heterocycles. The van der Waals surface area contributed by atoms with Gasteiger partial charge >= 0.3 is 0 Å². The molecule has 0 aliphatic heterocycles. The molecular weight excluding hydrogens is 288 g/mol. The van der Waals surface area contributed by atoms with Crippen molar-refractivity contribution in [3.8, 4) is 5.75 Å². The van der Waals surface area contributed by atoms with Crippen molar-refractivity contribution in [1.29, 1.82) is 0 Å². The second kappa shape index (κ2) is 6.13. The van der Waals surface area contributed by atoms with E-state index in [4.69, 9.17) is 27.9 Å². The summed E-state index contributed by atoms with van der Waals surface area (Å²) in [5.41, 5.74) is 1.18. The number of halogens is 3. The first kappa shape index (κ1) is 14.0. The molecule has 0 aliphatic rings. The average molecular weight is 300 g/mol. The number of methoxy groups -OCH3 is 1. The van der Waals surface area contributed by atoms with E-state index in [1.165, 1.54) is 12.1 Å². The van der Waals surface area contributed by atoms with Crippen LogP contribution in [-0.2, 0) is 6.54 Å². The maximum absolute atomic E-state index is 13.6. The van der Waals surface area contributed by atoms with Crippen molar-refractivity contribution >= 4 is 28.9 Å². The zero-order chi connectivity index (χ0) is 13.8. The number of hydrogen-bond acceptors (Lipinski definition) is 2. The summed E-state index contributed by atoms with van der Waals surface area (Å²) < 4.78 is 18.8. The lowest BCUT2D eigenvalue weighted by Gasteiger charge is -2.12. The Kier molecular flexibility index (Phi) is 4.51. The number of benzene rings is 2. The minimum absolute atomic E-state index is 0.295. The summed E-state index contributed by atoms with van der Waals surface area (Å²) in [6, 6.07) is 9.64. The largest absolute Gasteiger partial charge is 0.495 e. The highest BCUT2D eigenvalue weighted by atomic mass is 35.5. The van der Waals surface area contributed by atoms with E-state index in [9.17, 15) is 4.39 Å². The van der Waals surface area contributed by atoms with E-state index in [0.29, 0.717) is 33.6 Å². The Morgan fingerprint density at radius 2 is 1.79 bits per heavy atom. The summed E-state index contributed by atoms with van der Waals surface area (Å²) in [6.45, 7) is 0.295. The third kappa shape index (κ3) is 3.52. The van der Waals surface area contributed by atoms with Crippen LogP contribution in [0.3, 0.4) is 0 Å². The second-order valence-corrected chi connectivity index (χ2v) is 4.81. The van der Waals surface area contributed by atoms with Gasteiger partial charge in [0.1, 0.15) is 11.6 Å². The molecule has 2 rings (SSSR count). The molecule has 1 N–H and O–H groups in total. The molecule has 0 heterocycles. The van der Waals surface area contributed by atoms with Gasteiger partial charge in [-0.25, -0.2) is 4.39 Å². The molecule has 2 aromatic rings. The second-order valence-electron chi connectivity index (χ2n) is 3.93. The first-order chi connectivity index (χ1) is 9.10. The third-order valence-corrected chi connectivity index (χ3v) is 3.11. The van der Waals surface area contributed by atoms with Crippen LogP contribution in [-0.4, -0.2) is 7.11 Å². The monoisotopic (exact) mass is 299 g/mol. The van der Waals surface area contributed by atoms with Gasteiger partial charge in [-0.3, -0.25) is 0 Å². The summed E-state index contributed by atoms with van der Waals surface area (Å²) >= 11 is 11.8. The lowest BCUT2D eigenvalue weighted by atomic mass is 10.2. The van der Waals surface area contributed by atoms with Gasteiger partial charge in [0.05, 0.1) is 12.8 Å². The predicted octanol–water partition coefficient (Wildman–Crippen LogP) is 4.75. The number of ether oxygens (including phenoxy) is 1. The van der Waals surface area contributed by atoms with Crippen molar-refractivity contribution in [3.05, 3.63) is 57.8 Å². The van der Waals surface area contributed by atoms with Crippen molar-refractivity contribution in [1.82, 2.24) is 0 Å². The molecule has 2 nitrogen and oxygen atoms in total. The van der Waals surface area contributed by atoms with Crippen LogP contribution in [0.4, 0.5) is 10.1 Å². The molecule has 0 aliphatic carbocycles. The van der Waals surface area contributed by atoms with Crippen LogP contribution in [0.2, 0.25) is 10.0 Å². The first-order valence-electron chi connectivity index (χ1n) is 5.61. The zero-order valence-electron chi connectivity index (χ0n) is 10.2. The van der Waals surface area contributed by atoms with E-state index in [0.717, 1.165) is 0 Å². The highest BCUT2D eigenvalue weighted by molar-refractivity contribution is 6.31. The SMILES string of the molecule is COc1ccc(Cl)cc1NCc1cc(Cl)ccc1F. The molecule has 0 unspecified atom stereocenters. The Hall–Kier alpha value is -1.45. The van der Waals surface area contributed by atoms with E-state index in [1.54, 1.807) is 31.4 Å². The highest BCUT2D eigenvalue weighted by Crippen LogP contribution is 2.28. The Morgan fingerprint density at radius 3 is 2.53 bits per heavy atom. The van der Waals surface area contributed by atoms with Crippen molar-refractivity contribution in [2.45, 2.75) is 6.54 Å². The van der Waals surface area contributed by atoms with Gasteiger partial charge in [0.15, 0.2) is 0 Å². The van der Waals surface area contributed by atoms with E-state index in [-0.39, 0.29) is 5.82 Å². The van der Waals surface area contributed by atoms with Gasteiger partial charge in [-0.05, 0) is 36.4 Å². The number of rotatable bonds is 4. The quantitative estimate of drug-likeness (QED) is 0.879. The van der Waals surface area contributed by atoms with Crippen molar-refractivity contribution in [2.24, 2.45) is 0 Å². The molecule has 19 heavy (non-hydrogen) atoms. The van der Waals surface area contributed by atoms with Crippen LogP contribution in [0.1, 0.15) is 5.56 Å². The minimum Gasteiger partial charge on any atom is -0.495 e. The molecule has 0 amide bonds. The Balaban J connectivity index is 2.18. The molecule has 0 bridgehead atoms. The van der Waals surface area contributed by atoms with Gasteiger partial charge in [0.2, 0.25) is 0 Å². The highest BCUT2D eigenvalue weighted by Gasteiger charge is 2.06. The molecule has 5 heteroatoms. The van der Waals surface area contributed by atoms with Gasteiger partial charge in [0.25, 0.3) is 0 Å². The number of nitrogens with one attached hydrogen (secondary N) is 1. The molecule has 0 radical (unpaired) electrons. The van der Waals surface area contributed by atoms with Crippen molar-refractivity contribution < 1.29 is 9.13 Å². The fraction of sp³-hybridized carbons (Fsp3) is 0.143. The van der Waals surface area contributed by atoms with Gasteiger partial charge in [-0.2, -0.15) is 0 Å². The van der Waals surface area contributed by atoms with E-state index in [2.05, 4.69) is 5.32 Å². The Morgan fingerprint density at radius 1 is 1.11 bits per heavy atom. The van der Waals surface area contributed by atoms with E-state index in [1.807, 2.05) is 0 Å². The molecule has 0 spiro atoms. The summed E-state index contributed by atoms with van der Waals surface area (Å²) in [4.78, 5) is 0. The molecule has 0 saturated heterocycles. The smallest absolute Gasteiger partial charge is 0.142 e. The summed E-state index contributed by atoms with van der Waals surface area (Å²) in [5.74, 6) is 0.338. The maximum Gasteiger partial charge on any atom is 0.142 e. The maximum atomic E-state index is 13.6. The van der Waals surface area contributed by atoms with Crippen LogP contribution < -0.4 is 10.1 Å².